The molecular weight excluding hydrogens is 409 g/mol. The van der Waals surface area contributed by atoms with E-state index in [4.69, 9.17) is 9.47 Å². The van der Waals surface area contributed by atoms with Gasteiger partial charge in [-0.2, -0.15) is 0 Å². The lowest BCUT2D eigenvalue weighted by molar-refractivity contribution is -0.119. The highest BCUT2D eigenvalue weighted by Gasteiger charge is 2.16. The summed E-state index contributed by atoms with van der Waals surface area (Å²) in [5.74, 6) is -0.0888. The Balaban J connectivity index is 1.35. The first kappa shape index (κ1) is 19.7. The highest BCUT2D eigenvalue weighted by Crippen LogP contribution is 2.32. The van der Waals surface area contributed by atoms with Crippen molar-refractivity contribution in [2.45, 2.75) is 6.54 Å². The number of carbonyl (C=O) groups is 2. The molecule has 154 valence electrons. The highest BCUT2D eigenvalue weighted by atomic mass is 32.1. The predicted octanol–water partition coefficient (Wildman–Crippen LogP) is 3.60. The molecule has 2 heterocycles. The second-order valence-corrected chi connectivity index (χ2v) is 7.46. The SMILES string of the molecule is O=C(CNc1cc(NC(=O)c2ccc3c(c2)OCO3)ccc1F)NCc1cccs1. The Bertz CT molecular complexity index is 1070. The Morgan fingerprint density at radius 1 is 1.07 bits per heavy atom. The fraction of sp³-hybridized carbons (Fsp3) is 0.143. The average molecular weight is 427 g/mol. The van der Waals surface area contributed by atoms with E-state index in [1.807, 2.05) is 17.5 Å². The Kier molecular flexibility index (Phi) is 5.80. The minimum absolute atomic E-state index is 0.0954. The number of carbonyl (C=O) groups excluding carboxylic acids is 2. The molecule has 2 amide bonds. The highest BCUT2D eigenvalue weighted by molar-refractivity contribution is 7.09. The summed E-state index contributed by atoms with van der Waals surface area (Å²) in [5.41, 5.74) is 0.886. The first-order valence-corrected chi connectivity index (χ1v) is 10.00. The number of ether oxygens (including phenoxy) is 2. The van der Waals surface area contributed by atoms with Crippen LogP contribution in [0.3, 0.4) is 0 Å². The topological polar surface area (TPSA) is 88.7 Å². The lowest BCUT2D eigenvalue weighted by Crippen LogP contribution is -2.29. The average Bonchev–Trinajstić information content (AvgIpc) is 3.43. The van der Waals surface area contributed by atoms with Crippen molar-refractivity contribution in [1.29, 1.82) is 0 Å². The lowest BCUT2D eigenvalue weighted by Gasteiger charge is -2.11. The van der Waals surface area contributed by atoms with E-state index in [1.54, 1.807) is 29.5 Å². The summed E-state index contributed by atoms with van der Waals surface area (Å²) < 4.78 is 24.6. The molecule has 3 aromatic rings. The zero-order valence-electron chi connectivity index (χ0n) is 15.7. The van der Waals surface area contributed by atoms with Gasteiger partial charge in [-0.05, 0) is 47.8 Å². The molecule has 0 atom stereocenters. The van der Waals surface area contributed by atoms with E-state index in [0.717, 1.165) is 4.88 Å². The van der Waals surface area contributed by atoms with Crippen LogP contribution >= 0.6 is 11.3 Å². The molecule has 0 saturated carbocycles. The zero-order valence-corrected chi connectivity index (χ0v) is 16.6. The predicted molar refractivity (Wildman–Crippen MR) is 112 cm³/mol. The third kappa shape index (κ3) is 4.69. The maximum absolute atomic E-state index is 14.1. The van der Waals surface area contributed by atoms with E-state index < -0.39 is 5.82 Å². The van der Waals surface area contributed by atoms with Gasteiger partial charge in [-0.15, -0.1) is 11.3 Å². The molecule has 0 aliphatic carbocycles. The second-order valence-electron chi connectivity index (χ2n) is 6.43. The van der Waals surface area contributed by atoms with Crippen LogP contribution in [0.5, 0.6) is 11.5 Å². The van der Waals surface area contributed by atoms with Gasteiger partial charge in [0, 0.05) is 16.1 Å². The molecule has 7 nitrogen and oxygen atoms in total. The van der Waals surface area contributed by atoms with Crippen LogP contribution in [-0.2, 0) is 11.3 Å². The third-order valence-corrected chi connectivity index (χ3v) is 5.21. The molecule has 0 unspecified atom stereocenters. The molecule has 1 aliphatic heterocycles. The smallest absolute Gasteiger partial charge is 0.255 e. The molecule has 9 heteroatoms. The van der Waals surface area contributed by atoms with Crippen LogP contribution < -0.4 is 25.4 Å². The van der Waals surface area contributed by atoms with Crippen molar-refractivity contribution in [3.63, 3.8) is 0 Å². The normalized spacial score (nSPS) is 11.8. The number of rotatable bonds is 7. The van der Waals surface area contributed by atoms with Gasteiger partial charge in [-0.3, -0.25) is 9.59 Å². The molecule has 0 spiro atoms. The molecule has 0 saturated heterocycles. The van der Waals surface area contributed by atoms with E-state index in [0.29, 0.717) is 29.3 Å². The van der Waals surface area contributed by atoms with Crippen molar-refractivity contribution >= 4 is 34.5 Å². The number of hydrogen-bond donors (Lipinski definition) is 3. The quantitative estimate of drug-likeness (QED) is 0.536. The van der Waals surface area contributed by atoms with E-state index in [9.17, 15) is 14.0 Å². The number of anilines is 2. The van der Waals surface area contributed by atoms with Gasteiger partial charge < -0.3 is 25.4 Å². The van der Waals surface area contributed by atoms with Gasteiger partial charge in [0.05, 0.1) is 18.8 Å². The molecule has 3 N–H and O–H groups in total. The van der Waals surface area contributed by atoms with Crippen LogP contribution in [0.2, 0.25) is 0 Å². The van der Waals surface area contributed by atoms with Crippen LogP contribution in [0.1, 0.15) is 15.2 Å². The molecule has 0 radical (unpaired) electrons. The maximum atomic E-state index is 14.1. The van der Waals surface area contributed by atoms with Crippen molar-refractivity contribution < 1.29 is 23.5 Å². The first-order valence-electron chi connectivity index (χ1n) is 9.12. The van der Waals surface area contributed by atoms with Gasteiger partial charge in [-0.25, -0.2) is 4.39 Å². The van der Waals surface area contributed by atoms with Gasteiger partial charge in [0.15, 0.2) is 11.5 Å². The van der Waals surface area contributed by atoms with E-state index in [-0.39, 0.29) is 30.8 Å². The number of halogens is 1. The minimum atomic E-state index is -0.526. The van der Waals surface area contributed by atoms with Gasteiger partial charge in [0.2, 0.25) is 12.7 Å². The minimum Gasteiger partial charge on any atom is -0.454 e. The zero-order chi connectivity index (χ0) is 20.9. The lowest BCUT2D eigenvalue weighted by atomic mass is 10.2. The van der Waals surface area contributed by atoms with Crippen LogP contribution in [-0.4, -0.2) is 25.2 Å². The summed E-state index contributed by atoms with van der Waals surface area (Å²) in [4.78, 5) is 25.5. The van der Waals surface area contributed by atoms with E-state index in [2.05, 4.69) is 16.0 Å². The van der Waals surface area contributed by atoms with Crippen LogP contribution in [0.25, 0.3) is 0 Å². The van der Waals surface area contributed by atoms with Crippen molar-refractivity contribution in [3.05, 3.63) is 70.2 Å². The number of fused-ring (bicyclic) bond motifs is 1. The molecular formula is C21H18FN3O4S. The standard InChI is InChI=1S/C21H18FN3O4S/c22-16-5-4-14(25-21(27)13-3-6-18-19(8-13)29-12-28-18)9-17(16)23-11-20(26)24-10-15-2-1-7-30-15/h1-9,23H,10-12H2,(H,24,26)(H,25,27). The van der Waals surface area contributed by atoms with Gasteiger partial charge in [0.1, 0.15) is 5.82 Å². The Morgan fingerprint density at radius 3 is 2.77 bits per heavy atom. The van der Waals surface area contributed by atoms with Crippen molar-refractivity contribution in [1.82, 2.24) is 5.32 Å². The largest absolute Gasteiger partial charge is 0.454 e. The Hall–Kier alpha value is -3.59. The third-order valence-electron chi connectivity index (χ3n) is 4.34. The van der Waals surface area contributed by atoms with Crippen molar-refractivity contribution in [2.75, 3.05) is 24.0 Å². The van der Waals surface area contributed by atoms with Gasteiger partial charge in [-0.1, -0.05) is 6.07 Å². The summed E-state index contributed by atoms with van der Waals surface area (Å²) in [7, 11) is 0. The maximum Gasteiger partial charge on any atom is 0.255 e. The molecule has 0 fully saturated rings. The summed E-state index contributed by atoms with van der Waals surface area (Å²) in [6.45, 7) is 0.447. The number of hydrogen-bond acceptors (Lipinski definition) is 6. The summed E-state index contributed by atoms with van der Waals surface area (Å²) >= 11 is 1.54. The van der Waals surface area contributed by atoms with Crippen LogP contribution in [0, 0.1) is 5.82 Å². The Labute approximate surface area is 175 Å². The number of nitrogens with one attached hydrogen (secondary N) is 3. The number of benzene rings is 2. The van der Waals surface area contributed by atoms with E-state index >= 15 is 0 Å². The van der Waals surface area contributed by atoms with Crippen LogP contribution in [0.15, 0.2) is 53.9 Å². The first-order chi connectivity index (χ1) is 14.6. The molecule has 1 aliphatic rings. The van der Waals surface area contributed by atoms with E-state index in [1.165, 1.54) is 18.2 Å². The van der Waals surface area contributed by atoms with Gasteiger partial charge >= 0.3 is 0 Å². The van der Waals surface area contributed by atoms with Crippen molar-refractivity contribution in [2.24, 2.45) is 0 Å². The molecule has 30 heavy (non-hydrogen) atoms. The fourth-order valence-electron chi connectivity index (χ4n) is 2.82. The van der Waals surface area contributed by atoms with Crippen molar-refractivity contribution in [3.8, 4) is 11.5 Å². The molecule has 2 aromatic carbocycles. The molecule has 1 aromatic heterocycles. The summed E-state index contributed by atoms with van der Waals surface area (Å²) in [5, 5.41) is 10.2. The van der Waals surface area contributed by atoms with Crippen LogP contribution in [0.4, 0.5) is 15.8 Å². The second kappa shape index (κ2) is 8.83. The molecule has 0 bridgehead atoms. The monoisotopic (exact) mass is 427 g/mol. The Morgan fingerprint density at radius 2 is 1.93 bits per heavy atom. The number of amides is 2. The summed E-state index contributed by atoms with van der Waals surface area (Å²) in [6, 6.07) is 12.8. The molecule has 4 rings (SSSR count). The summed E-state index contributed by atoms with van der Waals surface area (Å²) in [6.07, 6.45) is 0. The fourth-order valence-corrected chi connectivity index (χ4v) is 3.46. The number of thiophene rings is 1. The van der Waals surface area contributed by atoms with Gasteiger partial charge in [0.25, 0.3) is 5.91 Å².